The van der Waals surface area contributed by atoms with Gasteiger partial charge in [0.1, 0.15) is 6.61 Å². The topological polar surface area (TPSA) is 55.8 Å². The van der Waals surface area contributed by atoms with Crippen molar-refractivity contribution in [2.75, 3.05) is 13.2 Å². The molecule has 0 aliphatic rings. The van der Waals surface area contributed by atoms with Gasteiger partial charge in [-0.3, -0.25) is 4.79 Å². The summed E-state index contributed by atoms with van der Waals surface area (Å²) in [5, 5.41) is 8.25. The highest BCUT2D eigenvalue weighted by molar-refractivity contribution is 7.79. The van der Waals surface area contributed by atoms with Gasteiger partial charge in [-0.2, -0.15) is 0 Å². The normalized spacial score (nSPS) is 9.67. The molecule has 0 aromatic rings. The second-order valence-electron chi connectivity index (χ2n) is 2.40. The van der Waals surface area contributed by atoms with Crippen molar-refractivity contribution >= 4 is 23.2 Å². The molecule has 1 N–H and O–H groups in total. The van der Waals surface area contributed by atoms with Crippen LogP contribution in [-0.4, -0.2) is 35.4 Å². The first-order valence-electron chi connectivity index (χ1n) is 3.52. The lowest BCUT2D eigenvalue weighted by Gasteiger charge is -2.10. The Bertz CT molecular complexity index is 167. The standard InChI is InChI=1S/C7H12O4S/c1-5(2)11-7(12)10-4-6(9)3-8/h5,8H,3-4H2,1-2H3. The summed E-state index contributed by atoms with van der Waals surface area (Å²) in [4.78, 5) is 10.5. The van der Waals surface area contributed by atoms with E-state index in [0.717, 1.165) is 0 Å². The maximum absolute atomic E-state index is 10.5. The highest BCUT2D eigenvalue weighted by Crippen LogP contribution is 1.93. The van der Waals surface area contributed by atoms with E-state index in [-0.39, 0.29) is 17.9 Å². The van der Waals surface area contributed by atoms with Crippen LogP contribution in [0.4, 0.5) is 0 Å². The molecule has 0 aromatic heterocycles. The average Bonchev–Trinajstić information content (AvgIpc) is 1.99. The summed E-state index contributed by atoms with van der Waals surface area (Å²) in [6, 6.07) is 0. The molecule has 0 saturated carbocycles. The molecule has 70 valence electrons. The summed E-state index contributed by atoms with van der Waals surface area (Å²) >= 11 is 4.62. The molecule has 0 unspecified atom stereocenters. The van der Waals surface area contributed by atoms with Crippen molar-refractivity contribution in [3.05, 3.63) is 0 Å². The van der Waals surface area contributed by atoms with Gasteiger partial charge in [0.05, 0.1) is 6.10 Å². The number of carbonyl (C=O) groups excluding carboxylic acids is 1. The molecule has 0 aromatic carbocycles. The van der Waals surface area contributed by atoms with Crippen molar-refractivity contribution in [3.8, 4) is 0 Å². The van der Waals surface area contributed by atoms with E-state index in [0.29, 0.717) is 0 Å². The minimum absolute atomic E-state index is 0.0631. The van der Waals surface area contributed by atoms with Crippen LogP contribution in [0.5, 0.6) is 0 Å². The smallest absolute Gasteiger partial charge is 0.352 e. The van der Waals surface area contributed by atoms with Gasteiger partial charge in [0, 0.05) is 12.2 Å². The van der Waals surface area contributed by atoms with Gasteiger partial charge in [0.2, 0.25) is 0 Å². The number of aliphatic hydroxyl groups is 1. The van der Waals surface area contributed by atoms with E-state index in [9.17, 15) is 4.79 Å². The Kier molecular flexibility index (Phi) is 5.57. The van der Waals surface area contributed by atoms with Gasteiger partial charge in [0.15, 0.2) is 12.4 Å². The van der Waals surface area contributed by atoms with Gasteiger partial charge in [-0.25, -0.2) is 0 Å². The summed E-state index contributed by atoms with van der Waals surface area (Å²) in [5.41, 5.74) is 0. The van der Waals surface area contributed by atoms with Crippen molar-refractivity contribution in [2.45, 2.75) is 20.0 Å². The van der Waals surface area contributed by atoms with E-state index < -0.39 is 12.4 Å². The zero-order valence-corrected chi connectivity index (χ0v) is 7.89. The Hall–Kier alpha value is -0.680. The number of ether oxygens (including phenoxy) is 2. The van der Waals surface area contributed by atoms with E-state index in [4.69, 9.17) is 14.6 Å². The summed E-state index contributed by atoms with van der Waals surface area (Å²) in [6.45, 7) is 2.82. The number of carbonyl (C=O) groups is 1. The largest absolute Gasteiger partial charge is 0.454 e. The first-order chi connectivity index (χ1) is 5.56. The maximum Gasteiger partial charge on any atom is 0.352 e. The third-order valence-electron chi connectivity index (χ3n) is 0.859. The molecule has 0 radical (unpaired) electrons. The third kappa shape index (κ3) is 6.06. The number of thiocarbonyl (C=S) groups is 1. The zero-order chi connectivity index (χ0) is 9.56. The van der Waals surface area contributed by atoms with Crippen molar-refractivity contribution in [3.63, 3.8) is 0 Å². The van der Waals surface area contributed by atoms with Gasteiger partial charge in [0.25, 0.3) is 0 Å². The molecule has 12 heavy (non-hydrogen) atoms. The maximum atomic E-state index is 10.5. The highest BCUT2D eigenvalue weighted by Gasteiger charge is 2.05. The van der Waals surface area contributed by atoms with Crippen molar-refractivity contribution in [1.29, 1.82) is 0 Å². The highest BCUT2D eigenvalue weighted by atomic mass is 32.1. The number of rotatable bonds is 4. The number of aliphatic hydroxyl groups excluding tert-OH is 1. The van der Waals surface area contributed by atoms with Gasteiger partial charge in [-0.05, 0) is 13.8 Å². The average molecular weight is 192 g/mol. The fourth-order valence-corrected chi connectivity index (χ4v) is 0.663. The molecule has 0 aliphatic carbocycles. The summed E-state index contributed by atoms with van der Waals surface area (Å²) in [5.74, 6) is -0.426. The van der Waals surface area contributed by atoms with Crippen LogP contribution in [0.1, 0.15) is 13.8 Å². The lowest BCUT2D eigenvalue weighted by atomic mass is 10.5. The van der Waals surface area contributed by atoms with Gasteiger partial charge >= 0.3 is 5.24 Å². The molecular weight excluding hydrogens is 180 g/mol. The lowest BCUT2D eigenvalue weighted by molar-refractivity contribution is -0.124. The van der Waals surface area contributed by atoms with Crippen LogP contribution in [-0.2, 0) is 14.3 Å². The molecular formula is C7H12O4S. The van der Waals surface area contributed by atoms with E-state index in [1.807, 2.05) is 0 Å². The molecule has 0 spiro atoms. The van der Waals surface area contributed by atoms with Crippen LogP contribution in [0.25, 0.3) is 0 Å². The summed E-state index contributed by atoms with van der Waals surface area (Å²) in [7, 11) is 0. The van der Waals surface area contributed by atoms with Crippen LogP contribution < -0.4 is 0 Å². The molecule has 0 fully saturated rings. The SMILES string of the molecule is CC(C)OC(=S)OCC(=O)CO. The second kappa shape index (κ2) is 5.91. The van der Waals surface area contributed by atoms with E-state index in [1.165, 1.54) is 0 Å². The van der Waals surface area contributed by atoms with Gasteiger partial charge in [-0.15, -0.1) is 0 Å². The molecule has 0 aliphatic heterocycles. The van der Waals surface area contributed by atoms with E-state index in [1.54, 1.807) is 13.8 Å². The van der Waals surface area contributed by atoms with Crippen LogP contribution >= 0.6 is 12.2 Å². The van der Waals surface area contributed by atoms with E-state index in [2.05, 4.69) is 12.2 Å². The summed E-state index contributed by atoms with van der Waals surface area (Å²) < 4.78 is 9.63. The third-order valence-corrected chi connectivity index (χ3v) is 1.07. The zero-order valence-electron chi connectivity index (χ0n) is 7.07. The molecule has 0 amide bonds. The first kappa shape index (κ1) is 11.3. The Morgan fingerprint density at radius 2 is 2.17 bits per heavy atom. The summed E-state index contributed by atoms with van der Waals surface area (Å²) in [6.07, 6.45) is -0.0678. The van der Waals surface area contributed by atoms with E-state index >= 15 is 0 Å². The Labute approximate surface area is 76.5 Å². The number of hydrogen-bond acceptors (Lipinski definition) is 5. The van der Waals surface area contributed by atoms with Crippen molar-refractivity contribution in [1.82, 2.24) is 0 Å². The monoisotopic (exact) mass is 192 g/mol. The molecule has 5 heteroatoms. The van der Waals surface area contributed by atoms with Crippen molar-refractivity contribution < 1.29 is 19.4 Å². The van der Waals surface area contributed by atoms with Gasteiger partial charge < -0.3 is 14.6 Å². The molecule has 0 saturated heterocycles. The second-order valence-corrected chi connectivity index (χ2v) is 2.74. The first-order valence-corrected chi connectivity index (χ1v) is 3.93. The van der Waals surface area contributed by atoms with Gasteiger partial charge in [-0.1, -0.05) is 0 Å². The molecule has 0 atom stereocenters. The minimum atomic E-state index is -0.537. The number of hydrogen-bond donors (Lipinski definition) is 1. The molecule has 0 bridgehead atoms. The predicted molar refractivity (Wildman–Crippen MR) is 46.9 cm³/mol. The van der Waals surface area contributed by atoms with Crippen molar-refractivity contribution in [2.24, 2.45) is 0 Å². The number of Topliss-reactive ketones (excluding diaryl/α,β-unsaturated/α-hetero) is 1. The minimum Gasteiger partial charge on any atom is -0.454 e. The Morgan fingerprint density at radius 3 is 2.58 bits per heavy atom. The van der Waals surface area contributed by atoms with Crippen LogP contribution in [0.15, 0.2) is 0 Å². The predicted octanol–water partition coefficient (Wildman–Crippen LogP) is 0.274. The van der Waals surface area contributed by atoms with Crippen LogP contribution in [0.3, 0.4) is 0 Å². The number of ketones is 1. The van der Waals surface area contributed by atoms with Crippen LogP contribution in [0.2, 0.25) is 0 Å². The lowest BCUT2D eigenvalue weighted by Crippen LogP contribution is -2.19. The Morgan fingerprint density at radius 1 is 1.58 bits per heavy atom. The molecule has 0 heterocycles. The fraction of sp³-hybridized carbons (Fsp3) is 0.714. The molecule has 0 rings (SSSR count). The molecule has 4 nitrogen and oxygen atoms in total. The Balaban J connectivity index is 3.51. The van der Waals surface area contributed by atoms with Crippen LogP contribution in [0, 0.1) is 0 Å². The quantitative estimate of drug-likeness (QED) is 0.648. The fourth-order valence-electron chi connectivity index (χ4n) is 0.412.